The summed E-state index contributed by atoms with van der Waals surface area (Å²) in [6.45, 7) is 0.360. The van der Waals surface area contributed by atoms with E-state index in [1.54, 1.807) is 6.07 Å². The minimum atomic E-state index is -4.36. The van der Waals surface area contributed by atoms with Crippen LogP contribution in [0.4, 0.5) is 13.2 Å². The summed E-state index contributed by atoms with van der Waals surface area (Å²) in [6, 6.07) is 5.05. The fourth-order valence-electron chi connectivity index (χ4n) is 1.67. The van der Waals surface area contributed by atoms with E-state index < -0.39 is 11.7 Å². The Morgan fingerprint density at radius 1 is 1.28 bits per heavy atom. The van der Waals surface area contributed by atoms with E-state index >= 15 is 0 Å². The number of benzene rings is 1. The van der Waals surface area contributed by atoms with Gasteiger partial charge in [0.25, 0.3) is 0 Å². The van der Waals surface area contributed by atoms with Crippen LogP contribution in [0.2, 0.25) is 0 Å². The molecular weight excluding hydrogens is 245 g/mol. The van der Waals surface area contributed by atoms with E-state index in [0.717, 1.165) is 12.1 Å². The zero-order valence-electron chi connectivity index (χ0n) is 9.37. The van der Waals surface area contributed by atoms with E-state index in [1.165, 1.54) is 12.3 Å². The van der Waals surface area contributed by atoms with Crippen LogP contribution in [0.1, 0.15) is 11.3 Å². The van der Waals surface area contributed by atoms with Gasteiger partial charge in [0.05, 0.1) is 11.3 Å². The molecule has 2 N–H and O–H groups in total. The summed E-state index contributed by atoms with van der Waals surface area (Å²) in [6.07, 6.45) is -2.57. The van der Waals surface area contributed by atoms with Crippen LogP contribution < -0.4 is 5.73 Å². The third-order valence-electron chi connectivity index (χ3n) is 2.53. The first kappa shape index (κ1) is 12.6. The van der Waals surface area contributed by atoms with E-state index in [2.05, 4.69) is 5.16 Å². The molecule has 1 heterocycles. The monoisotopic (exact) mass is 256 g/mol. The van der Waals surface area contributed by atoms with Crippen LogP contribution in [0.15, 0.2) is 35.1 Å². The van der Waals surface area contributed by atoms with E-state index in [0.29, 0.717) is 29.8 Å². The molecule has 18 heavy (non-hydrogen) atoms. The maximum Gasteiger partial charge on any atom is 0.416 e. The lowest BCUT2D eigenvalue weighted by Gasteiger charge is -2.08. The van der Waals surface area contributed by atoms with Gasteiger partial charge in [-0.25, -0.2) is 0 Å². The molecule has 0 spiro atoms. The van der Waals surface area contributed by atoms with Crippen LogP contribution in [0.5, 0.6) is 0 Å². The fourth-order valence-corrected chi connectivity index (χ4v) is 1.67. The van der Waals surface area contributed by atoms with Crippen molar-refractivity contribution in [3.63, 3.8) is 0 Å². The van der Waals surface area contributed by atoms with Gasteiger partial charge >= 0.3 is 6.18 Å². The molecular formula is C12H11F3N2O. The van der Waals surface area contributed by atoms with Crippen molar-refractivity contribution in [3.05, 3.63) is 41.8 Å². The minimum Gasteiger partial charge on any atom is -0.364 e. The zero-order chi connectivity index (χ0) is 13.2. The zero-order valence-corrected chi connectivity index (χ0v) is 9.37. The van der Waals surface area contributed by atoms with Gasteiger partial charge in [-0.05, 0) is 24.2 Å². The molecule has 0 radical (unpaired) electrons. The molecule has 3 nitrogen and oxygen atoms in total. The molecule has 0 aliphatic rings. The van der Waals surface area contributed by atoms with Crippen LogP contribution in [-0.2, 0) is 12.6 Å². The third kappa shape index (κ3) is 2.53. The Labute approximate surface area is 101 Å². The lowest BCUT2D eigenvalue weighted by Crippen LogP contribution is -2.05. The number of alkyl halides is 3. The number of halogens is 3. The summed E-state index contributed by atoms with van der Waals surface area (Å²) in [7, 11) is 0. The lowest BCUT2D eigenvalue weighted by atomic mass is 10.0. The minimum absolute atomic E-state index is 0.360. The summed E-state index contributed by atoms with van der Waals surface area (Å²) < 4.78 is 42.6. The topological polar surface area (TPSA) is 52.0 Å². The van der Waals surface area contributed by atoms with E-state index in [9.17, 15) is 13.2 Å². The molecule has 0 fully saturated rings. The summed E-state index contributed by atoms with van der Waals surface area (Å²) in [4.78, 5) is 0. The molecule has 1 aromatic heterocycles. The molecule has 96 valence electrons. The Morgan fingerprint density at radius 3 is 2.72 bits per heavy atom. The molecule has 0 unspecified atom stereocenters. The first-order chi connectivity index (χ1) is 8.52. The fraction of sp³-hybridized carbons (Fsp3) is 0.250. The number of aromatic nitrogens is 1. The summed E-state index contributed by atoms with van der Waals surface area (Å²) >= 11 is 0. The van der Waals surface area contributed by atoms with Gasteiger partial charge in [0.1, 0.15) is 6.26 Å². The SMILES string of the molecule is NCCc1nocc1-c1cccc(C(F)(F)F)c1. The summed E-state index contributed by atoms with van der Waals surface area (Å²) in [5.41, 5.74) is 6.25. The van der Waals surface area contributed by atoms with Crippen LogP contribution in [0, 0.1) is 0 Å². The molecule has 1 aromatic carbocycles. The largest absolute Gasteiger partial charge is 0.416 e. The molecule has 0 saturated heterocycles. The van der Waals surface area contributed by atoms with Crippen LogP contribution in [0.25, 0.3) is 11.1 Å². The summed E-state index contributed by atoms with van der Waals surface area (Å²) in [5, 5.41) is 3.74. The Morgan fingerprint density at radius 2 is 2.06 bits per heavy atom. The maximum atomic E-state index is 12.6. The average molecular weight is 256 g/mol. The molecule has 0 bridgehead atoms. The molecule has 0 aliphatic heterocycles. The van der Waals surface area contributed by atoms with Crippen LogP contribution >= 0.6 is 0 Å². The molecule has 0 aliphatic carbocycles. The van der Waals surface area contributed by atoms with Crippen molar-refractivity contribution in [1.82, 2.24) is 5.16 Å². The number of nitrogens with zero attached hydrogens (tertiary/aromatic N) is 1. The average Bonchev–Trinajstić information content (AvgIpc) is 2.77. The van der Waals surface area contributed by atoms with Gasteiger partial charge < -0.3 is 10.3 Å². The van der Waals surface area contributed by atoms with Crippen molar-refractivity contribution in [2.24, 2.45) is 5.73 Å². The number of hydrogen-bond acceptors (Lipinski definition) is 3. The highest BCUT2D eigenvalue weighted by atomic mass is 19.4. The Bertz CT molecular complexity index is 534. The maximum absolute atomic E-state index is 12.6. The van der Waals surface area contributed by atoms with Crippen molar-refractivity contribution < 1.29 is 17.7 Å². The predicted molar refractivity (Wildman–Crippen MR) is 59.7 cm³/mol. The highest BCUT2D eigenvalue weighted by Gasteiger charge is 2.30. The number of nitrogens with two attached hydrogens (primary N) is 1. The van der Waals surface area contributed by atoms with Crippen LogP contribution in [0.3, 0.4) is 0 Å². The van der Waals surface area contributed by atoms with Gasteiger partial charge in [-0.15, -0.1) is 0 Å². The summed E-state index contributed by atoms with van der Waals surface area (Å²) in [5.74, 6) is 0. The van der Waals surface area contributed by atoms with Crippen molar-refractivity contribution in [2.45, 2.75) is 12.6 Å². The second-order valence-corrected chi connectivity index (χ2v) is 3.79. The molecule has 0 atom stereocenters. The Hall–Kier alpha value is -1.82. The molecule has 6 heteroatoms. The Balaban J connectivity index is 2.42. The van der Waals surface area contributed by atoms with Crippen molar-refractivity contribution in [3.8, 4) is 11.1 Å². The van der Waals surface area contributed by atoms with Gasteiger partial charge in [0, 0.05) is 12.0 Å². The number of hydrogen-bond donors (Lipinski definition) is 1. The molecule has 2 rings (SSSR count). The normalized spacial score (nSPS) is 11.8. The molecule has 2 aromatic rings. The third-order valence-corrected chi connectivity index (χ3v) is 2.53. The van der Waals surface area contributed by atoms with Gasteiger partial charge in [-0.2, -0.15) is 13.2 Å². The van der Waals surface area contributed by atoms with Gasteiger partial charge in [-0.1, -0.05) is 17.3 Å². The standard InChI is InChI=1S/C12H11F3N2O/c13-12(14,15)9-3-1-2-8(6-9)10-7-18-17-11(10)4-5-16/h1-3,6-7H,4-5,16H2. The molecule has 0 amide bonds. The van der Waals surface area contributed by atoms with Crippen molar-refractivity contribution >= 4 is 0 Å². The second kappa shape index (κ2) is 4.81. The first-order valence-electron chi connectivity index (χ1n) is 5.33. The van der Waals surface area contributed by atoms with Crippen molar-refractivity contribution in [1.29, 1.82) is 0 Å². The van der Waals surface area contributed by atoms with E-state index in [-0.39, 0.29) is 0 Å². The number of rotatable bonds is 3. The van der Waals surface area contributed by atoms with E-state index in [4.69, 9.17) is 10.3 Å². The predicted octanol–water partition coefficient (Wildman–Crippen LogP) is 2.86. The Kier molecular flexibility index (Phi) is 3.38. The van der Waals surface area contributed by atoms with Crippen LogP contribution in [-0.4, -0.2) is 11.7 Å². The lowest BCUT2D eigenvalue weighted by molar-refractivity contribution is -0.137. The highest BCUT2D eigenvalue weighted by Crippen LogP contribution is 2.32. The highest BCUT2D eigenvalue weighted by molar-refractivity contribution is 5.65. The van der Waals surface area contributed by atoms with Gasteiger partial charge in [0.2, 0.25) is 0 Å². The second-order valence-electron chi connectivity index (χ2n) is 3.79. The molecule has 0 saturated carbocycles. The van der Waals surface area contributed by atoms with Gasteiger partial charge in [-0.3, -0.25) is 0 Å². The first-order valence-corrected chi connectivity index (χ1v) is 5.33. The smallest absolute Gasteiger partial charge is 0.364 e. The quantitative estimate of drug-likeness (QED) is 0.918. The van der Waals surface area contributed by atoms with Gasteiger partial charge in [0.15, 0.2) is 0 Å². The van der Waals surface area contributed by atoms with Crippen molar-refractivity contribution in [2.75, 3.05) is 6.54 Å². The van der Waals surface area contributed by atoms with E-state index in [1.807, 2.05) is 0 Å².